The zero-order valence-electron chi connectivity index (χ0n) is 18.7. The maximum atomic E-state index is 13.8. The minimum Gasteiger partial charge on any atom is -0.496 e. The predicted molar refractivity (Wildman–Crippen MR) is 124 cm³/mol. The molecule has 3 aromatic carbocycles. The van der Waals surface area contributed by atoms with Gasteiger partial charge in [-0.15, -0.1) is 0 Å². The summed E-state index contributed by atoms with van der Waals surface area (Å²) in [5, 5.41) is 0. The molecule has 0 bridgehead atoms. The number of hydrogen-bond acceptors (Lipinski definition) is 6. The summed E-state index contributed by atoms with van der Waals surface area (Å²) in [5.41, 5.74) is 3.23. The van der Waals surface area contributed by atoms with E-state index in [1.54, 1.807) is 43.5 Å². The summed E-state index contributed by atoms with van der Waals surface area (Å²) in [6.45, 7) is 1.98. The van der Waals surface area contributed by atoms with Crippen molar-refractivity contribution in [2.45, 2.75) is 13.3 Å². The second kappa shape index (κ2) is 9.61. The van der Waals surface area contributed by atoms with Gasteiger partial charge in [-0.05, 0) is 53.9 Å². The molecule has 6 nitrogen and oxygen atoms in total. The van der Waals surface area contributed by atoms with Crippen molar-refractivity contribution < 1.29 is 28.5 Å². The normalized spacial score (nSPS) is 12.7. The van der Waals surface area contributed by atoms with Gasteiger partial charge in [0, 0.05) is 17.6 Å². The lowest BCUT2D eigenvalue weighted by atomic mass is 9.89. The zero-order valence-corrected chi connectivity index (χ0v) is 18.7. The number of aryl methyl sites for hydroxylation is 1. The Morgan fingerprint density at radius 2 is 1.61 bits per heavy atom. The van der Waals surface area contributed by atoms with Gasteiger partial charge in [-0.2, -0.15) is 0 Å². The standard InChI is InChI=1S/C27H24O6/c1-17-13-20(10-11-22(17)30-2)26(28)21(14-18-7-5-4-6-8-18)25(27(29)31-3)19-9-12-23-24(15-19)33-16-32-23/h4-13,15H,14,16H2,1-3H3/b25-21-. The summed E-state index contributed by atoms with van der Waals surface area (Å²) < 4.78 is 21.3. The van der Waals surface area contributed by atoms with Crippen LogP contribution in [0.1, 0.15) is 27.0 Å². The maximum Gasteiger partial charge on any atom is 0.338 e. The van der Waals surface area contributed by atoms with Gasteiger partial charge < -0.3 is 18.9 Å². The molecule has 168 valence electrons. The topological polar surface area (TPSA) is 71.1 Å². The van der Waals surface area contributed by atoms with Crippen molar-refractivity contribution in [2.75, 3.05) is 21.0 Å². The van der Waals surface area contributed by atoms with E-state index in [-0.39, 0.29) is 24.6 Å². The van der Waals surface area contributed by atoms with Crippen molar-refractivity contribution in [3.63, 3.8) is 0 Å². The first-order valence-electron chi connectivity index (χ1n) is 10.5. The lowest BCUT2D eigenvalue weighted by Crippen LogP contribution is -2.15. The Labute approximate surface area is 192 Å². The predicted octanol–water partition coefficient (Wildman–Crippen LogP) is 4.78. The van der Waals surface area contributed by atoms with Crippen molar-refractivity contribution in [3.05, 3.63) is 94.6 Å². The summed E-state index contributed by atoms with van der Waals surface area (Å²) >= 11 is 0. The van der Waals surface area contributed by atoms with Crippen molar-refractivity contribution in [1.29, 1.82) is 0 Å². The summed E-state index contributed by atoms with van der Waals surface area (Å²) in [7, 11) is 2.89. The third-order valence-electron chi connectivity index (χ3n) is 5.51. The molecule has 0 unspecified atom stereocenters. The number of Topliss-reactive ketones (excluding diaryl/α,β-unsaturated/α-hetero) is 1. The Morgan fingerprint density at radius 3 is 2.30 bits per heavy atom. The number of esters is 1. The van der Waals surface area contributed by atoms with Crippen LogP contribution in [0.4, 0.5) is 0 Å². The molecule has 0 spiro atoms. The highest BCUT2D eigenvalue weighted by atomic mass is 16.7. The summed E-state index contributed by atoms with van der Waals surface area (Å²) in [6, 6.07) is 19.9. The molecular weight excluding hydrogens is 420 g/mol. The Balaban J connectivity index is 1.90. The smallest absolute Gasteiger partial charge is 0.338 e. The number of carbonyl (C=O) groups excluding carboxylic acids is 2. The molecule has 0 aliphatic carbocycles. The average Bonchev–Trinajstić information content (AvgIpc) is 3.31. The first-order chi connectivity index (χ1) is 16.0. The second-order valence-corrected chi connectivity index (χ2v) is 7.59. The maximum absolute atomic E-state index is 13.8. The molecular formula is C27H24O6. The van der Waals surface area contributed by atoms with Crippen LogP contribution in [0, 0.1) is 6.92 Å². The van der Waals surface area contributed by atoms with E-state index in [0.29, 0.717) is 33.9 Å². The SMILES string of the molecule is COC(=O)/C(=C(/Cc1ccccc1)C(=O)c1ccc(OC)c(C)c1)c1ccc2c(c1)OCO2. The van der Waals surface area contributed by atoms with Crippen LogP contribution in [-0.4, -0.2) is 32.8 Å². The Bertz CT molecular complexity index is 1230. The van der Waals surface area contributed by atoms with Gasteiger partial charge in [0.2, 0.25) is 6.79 Å². The van der Waals surface area contributed by atoms with Crippen molar-refractivity contribution in [1.82, 2.24) is 0 Å². The highest BCUT2D eigenvalue weighted by Crippen LogP contribution is 2.36. The first-order valence-corrected chi connectivity index (χ1v) is 10.5. The van der Waals surface area contributed by atoms with Gasteiger partial charge in [-0.25, -0.2) is 4.79 Å². The van der Waals surface area contributed by atoms with Crippen LogP contribution in [0.25, 0.3) is 5.57 Å². The van der Waals surface area contributed by atoms with Gasteiger partial charge in [0.1, 0.15) is 5.75 Å². The summed E-state index contributed by atoms with van der Waals surface area (Å²) in [5.74, 6) is 0.926. The van der Waals surface area contributed by atoms with Gasteiger partial charge in [0.25, 0.3) is 0 Å². The van der Waals surface area contributed by atoms with E-state index >= 15 is 0 Å². The molecule has 0 amide bonds. The van der Waals surface area contributed by atoms with Crippen LogP contribution in [-0.2, 0) is 16.0 Å². The molecule has 1 aliphatic heterocycles. The number of methoxy groups -OCH3 is 2. The van der Waals surface area contributed by atoms with Crippen molar-refractivity contribution in [2.24, 2.45) is 0 Å². The monoisotopic (exact) mass is 444 g/mol. The number of ketones is 1. The van der Waals surface area contributed by atoms with E-state index in [4.69, 9.17) is 18.9 Å². The molecule has 0 saturated heterocycles. The van der Waals surface area contributed by atoms with Crippen LogP contribution in [0.2, 0.25) is 0 Å². The summed E-state index contributed by atoms with van der Waals surface area (Å²) in [6.07, 6.45) is 0.254. The number of fused-ring (bicyclic) bond motifs is 1. The zero-order chi connectivity index (χ0) is 23.4. The van der Waals surface area contributed by atoms with Gasteiger partial charge in [-0.1, -0.05) is 36.4 Å². The second-order valence-electron chi connectivity index (χ2n) is 7.59. The highest BCUT2D eigenvalue weighted by molar-refractivity contribution is 6.27. The van der Waals surface area contributed by atoms with E-state index in [0.717, 1.165) is 11.1 Å². The number of carbonyl (C=O) groups is 2. The Hall–Kier alpha value is -4.06. The molecule has 6 heteroatoms. The number of rotatable bonds is 7. The molecule has 0 fully saturated rings. The molecule has 3 aromatic rings. The third-order valence-corrected chi connectivity index (χ3v) is 5.51. The van der Waals surface area contributed by atoms with Crippen LogP contribution in [0.5, 0.6) is 17.2 Å². The molecule has 33 heavy (non-hydrogen) atoms. The molecule has 4 rings (SSSR count). The van der Waals surface area contributed by atoms with E-state index in [9.17, 15) is 9.59 Å². The number of benzene rings is 3. The lowest BCUT2D eigenvalue weighted by Gasteiger charge is -2.15. The fraction of sp³-hybridized carbons (Fsp3) is 0.185. The van der Waals surface area contributed by atoms with Gasteiger partial charge in [0.05, 0.1) is 19.8 Å². The molecule has 0 N–H and O–H groups in total. The quantitative estimate of drug-likeness (QED) is 0.297. The first kappa shape index (κ1) is 22.1. The van der Waals surface area contributed by atoms with Gasteiger partial charge in [0.15, 0.2) is 17.3 Å². The molecule has 0 atom stereocenters. The number of allylic oxidation sites excluding steroid dienone is 1. The van der Waals surface area contributed by atoms with Crippen molar-refractivity contribution in [3.8, 4) is 17.2 Å². The van der Waals surface area contributed by atoms with E-state index in [1.165, 1.54) is 7.11 Å². The molecule has 0 aromatic heterocycles. The Morgan fingerprint density at radius 1 is 0.879 bits per heavy atom. The van der Waals surface area contributed by atoms with Crippen LogP contribution in [0.15, 0.2) is 72.3 Å². The van der Waals surface area contributed by atoms with E-state index in [1.807, 2.05) is 37.3 Å². The van der Waals surface area contributed by atoms with Gasteiger partial charge >= 0.3 is 5.97 Å². The molecule has 0 saturated carbocycles. The van der Waals surface area contributed by atoms with Crippen LogP contribution >= 0.6 is 0 Å². The summed E-state index contributed by atoms with van der Waals surface area (Å²) in [4.78, 5) is 26.8. The molecule has 0 radical (unpaired) electrons. The van der Waals surface area contributed by atoms with Crippen LogP contribution < -0.4 is 14.2 Å². The van der Waals surface area contributed by atoms with Crippen LogP contribution in [0.3, 0.4) is 0 Å². The largest absolute Gasteiger partial charge is 0.496 e. The van der Waals surface area contributed by atoms with Crippen molar-refractivity contribution >= 4 is 17.3 Å². The third kappa shape index (κ3) is 4.60. The lowest BCUT2D eigenvalue weighted by molar-refractivity contribution is -0.133. The molecule has 1 aliphatic rings. The number of hydrogen-bond donors (Lipinski definition) is 0. The fourth-order valence-corrected chi connectivity index (χ4v) is 3.85. The Kier molecular flexibility index (Phi) is 6.45. The molecule has 1 heterocycles. The van der Waals surface area contributed by atoms with Gasteiger partial charge in [-0.3, -0.25) is 4.79 Å². The minimum atomic E-state index is -0.599. The fourth-order valence-electron chi connectivity index (χ4n) is 3.85. The average molecular weight is 444 g/mol. The minimum absolute atomic E-state index is 0.108. The van der Waals surface area contributed by atoms with E-state index < -0.39 is 5.97 Å². The number of ether oxygens (including phenoxy) is 4. The van der Waals surface area contributed by atoms with E-state index in [2.05, 4.69) is 0 Å². The highest BCUT2D eigenvalue weighted by Gasteiger charge is 2.26.